The summed E-state index contributed by atoms with van der Waals surface area (Å²) in [7, 11) is 0. The molecule has 1 aromatic carbocycles. The Labute approximate surface area is 150 Å². The van der Waals surface area contributed by atoms with Gasteiger partial charge in [0, 0.05) is 35.3 Å². The smallest absolute Gasteiger partial charge is 0.257 e. The third kappa shape index (κ3) is 4.47. The van der Waals surface area contributed by atoms with Crippen LogP contribution in [0.15, 0.2) is 46.8 Å². The maximum absolute atomic E-state index is 12.8. The van der Waals surface area contributed by atoms with Gasteiger partial charge < -0.3 is 4.74 Å². The molecule has 3 rings (SSSR count). The van der Waals surface area contributed by atoms with E-state index in [1.807, 2.05) is 23.8 Å². The number of anilines is 1. The molecule has 0 radical (unpaired) electrons. The van der Waals surface area contributed by atoms with E-state index in [1.165, 1.54) is 16.2 Å². The van der Waals surface area contributed by atoms with E-state index >= 15 is 0 Å². The fourth-order valence-corrected chi connectivity index (χ4v) is 3.57. The van der Waals surface area contributed by atoms with Crippen molar-refractivity contribution >= 4 is 39.7 Å². The van der Waals surface area contributed by atoms with Crippen LogP contribution in [0.1, 0.15) is 18.4 Å². The fourth-order valence-electron chi connectivity index (χ4n) is 2.64. The van der Waals surface area contributed by atoms with Crippen LogP contribution in [0.4, 0.5) is 5.13 Å². The molecule has 0 spiro atoms. The number of nitrogens with one attached hydrogen (secondary N) is 1. The number of rotatable bonds is 5. The molecule has 1 aromatic heterocycles. The molecule has 126 valence electrons. The molecule has 2 aromatic rings. The van der Waals surface area contributed by atoms with Crippen molar-refractivity contribution in [3.63, 3.8) is 0 Å². The number of hydrogen-bond donors (Lipinski definition) is 1. The maximum Gasteiger partial charge on any atom is 0.257 e. The second-order valence-electron chi connectivity index (χ2n) is 5.55. The van der Waals surface area contributed by atoms with Crippen LogP contribution in [0, 0.1) is 5.92 Å². The molecule has 1 fully saturated rings. The summed E-state index contributed by atoms with van der Waals surface area (Å²) in [6, 6.07) is 8.12. The number of amides is 1. The van der Waals surface area contributed by atoms with Gasteiger partial charge in [0.25, 0.3) is 5.91 Å². The summed E-state index contributed by atoms with van der Waals surface area (Å²) in [4.78, 5) is 18.1. The van der Waals surface area contributed by atoms with E-state index in [-0.39, 0.29) is 5.91 Å². The number of thiazole rings is 1. The lowest BCUT2D eigenvalue weighted by Gasteiger charge is -2.20. The lowest BCUT2D eigenvalue weighted by atomic mass is 9.94. The average Bonchev–Trinajstić information content (AvgIpc) is 3.13. The summed E-state index contributed by atoms with van der Waals surface area (Å²) in [6.45, 7) is 1.52. The summed E-state index contributed by atoms with van der Waals surface area (Å²) in [6.07, 6.45) is 7.74. The Morgan fingerprint density at radius 1 is 1.33 bits per heavy atom. The lowest BCUT2D eigenvalue weighted by molar-refractivity contribution is -0.111. The summed E-state index contributed by atoms with van der Waals surface area (Å²) in [5.41, 5.74) is 1.65. The van der Waals surface area contributed by atoms with Crippen molar-refractivity contribution in [3.8, 4) is 0 Å². The molecule has 0 unspecified atom stereocenters. The number of carbonyl (C=O) groups excluding carboxylic acids is 1. The minimum Gasteiger partial charge on any atom is -0.381 e. The van der Waals surface area contributed by atoms with Crippen LogP contribution in [0.3, 0.4) is 0 Å². The van der Waals surface area contributed by atoms with Crippen LogP contribution in [0.2, 0.25) is 0 Å². The second kappa shape index (κ2) is 8.46. The van der Waals surface area contributed by atoms with Gasteiger partial charge in [-0.05, 0) is 42.7 Å². The van der Waals surface area contributed by atoms with Crippen molar-refractivity contribution < 1.29 is 9.53 Å². The number of aromatic nitrogens is 1. The largest absolute Gasteiger partial charge is 0.381 e. The van der Waals surface area contributed by atoms with E-state index in [0.717, 1.165) is 31.6 Å². The maximum atomic E-state index is 12.8. The lowest BCUT2D eigenvalue weighted by Crippen LogP contribution is -2.18. The number of allylic oxidation sites excluding steroid dienone is 1. The Balaban J connectivity index is 1.86. The number of nitrogens with zero attached hydrogens (tertiary/aromatic N) is 1. The first-order valence-electron chi connectivity index (χ1n) is 7.91. The van der Waals surface area contributed by atoms with Gasteiger partial charge in [0.05, 0.1) is 0 Å². The van der Waals surface area contributed by atoms with Gasteiger partial charge >= 0.3 is 0 Å². The molecule has 0 atom stereocenters. The topological polar surface area (TPSA) is 51.2 Å². The molecule has 6 heteroatoms. The van der Waals surface area contributed by atoms with Crippen molar-refractivity contribution in [2.75, 3.05) is 24.8 Å². The fraction of sp³-hybridized carbons (Fsp3) is 0.333. The average molecular weight is 361 g/mol. The first kappa shape index (κ1) is 17.2. The Bertz CT molecular complexity index is 690. The molecule has 4 nitrogen and oxygen atoms in total. The molecular weight excluding hydrogens is 340 g/mol. The molecule has 0 bridgehead atoms. The van der Waals surface area contributed by atoms with Gasteiger partial charge in [-0.1, -0.05) is 18.2 Å². The number of hydrogen-bond acceptors (Lipinski definition) is 5. The molecule has 1 N–H and O–H groups in total. The van der Waals surface area contributed by atoms with E-state index in [1.54, 1.807) is 18.0 Å². The van der Waals surface area contributed by atoms with Crippen LogP contribution in [0.5, 0.6) is 0 Å². The van der Waals surface area contributed by atoms with Crippen LogP contribution in [-0.4, -0.2) is 30.4 Å². The Kier molecular flexibility index (Phi) is 6.07. The Hall–Kier alpha value is -1.63. The zero-order valence-corrected chi connectivity index (χ0v) is 15.2. The summed E-state index contributed by atoms with van der Waals surface area (Å²) in [5.74, 6) is 0.268. The summed E-state index contributed by atoms with van der Waals surface area (Å²) in [5, 5.41) is 5.38. The number of carbonyl (C=O) groups is 1. The Morgan fingerprint density at radius 2 is 2.08 bits per heavy atom. The zero-order chi connectivity index (χ0) is 16.8. The third-order valence-corrected chi connectivity index (χ3v) is 5.40. The molecule has 1 aliphatic heterocycles. The Morgan fingerprint density at radius 3 is 2.71 bits per heavy atom. The zero-order valence-electron chi connectivity index (χ0n) is 13.5. The van der Waals surface area contributed by atoms with Crippen molar-refractivity contribution in [2.45, 2.75) is 17.7 Å². The monoisotopic (exact) mass is 360 g/mol. The van der Waals surface area contributed by atoms with Crippen LogP contribution in [0.25, 0.3) is 5.57 Å². The minimum absolute atomic E-state index is 0.103. The normalized spacial score (nSPS) is 16.1. The second-order valence-corrected chi connectivity index (χ2v) is 7.32. The van der Waals surface area contributed by atoms with Crippen molar-refractivity contribution in [1.82, 2.24) is 4.98 Å². The predicted octanol–water partition coefficient (Wildman–Crippen LogP) is 4.31. The molecule has 2 heterocycles. The van der Waals surface area contributed by atoms with E-state index in [0.29, 0.717) is 16.6 Å². The SMILES string of the molecule is CSc1ccc(/C(=C\C2CCOCC2)C(=O)Nc2nccs2)cc1. The highest BCUT2D eigenvalue weighted by Gasteiger charge is 2.18. The number of thioether (sulfide) groups is 1. The highest BCUT2D eigenvalue weighted by atomic mass is 32.2. The van der Waals surface area contributed by atoms with Gasteiger partial charge in [-0.3, -0.25) is 10.1 Å². The van der Waals surface area contributed by atoms with Crippen LogP contribution in [-0.2, 0) is 9.53 Å². The molecule has 0 aliphatic carbocycles. The van der Waals surface area contributed by atoms with Gasteiger partial charge in [-0.15, -0.1) is 23.1 Å². The molecular formula is C18H20N2O2S2. The molecule has 24 heavy (non-hydrogen) atoms. The predicted molar refractivity (Wildman–Crippen MR) is 100 cm³/mol. The van der Waals surface area contributed by atoms with Crippen LogP contribution < -0.4 is 5.32 Å². The first-order chi connectivity index (χ1) is 11.8. The quantitative estimate of drug-likeness (QED) is 0.637. The van der Waals surface area contributed by atoms with E-state index in [9.17, 15) is 4.79 Å². The molecule has 1 aliphatic rings. The van der Waals surface area contributed by atoms with Gasteiger partial charge in [-0.2, -0.15) is 0 Å². The molecule has 1 amide bonds. The van der Waals surface area contributed by atoms with Crippen molar-refractivity contribution in [1.29, 1.82) is 0 Å². The van der Waals surface area contributed by atoms with E-state index in [2.05, 4.69) is 28.5 Å². The molecule has 1 saturated heterocycles. The van der Waals surface area contributed by atoms with Crippen molar-refractivity contribution in [2.24, 2.45) is 5.92 Å². The summed E-state index contributed by atoms with van der Waals surface area (Å²) < 4.78 is 5.42. The molecule has 0 saturated carbocycles. The third-order valence-electron chi connectivity index (χ3n) is 3.97. The van der Waals surface area contributed by atoms with Crippen LogP contribution >= 0.6 is 23.1 Å². The van der Waals surface area contributed by atoms with E-state index in [4.69, 9.17) is 4.74 Å². The van der Waals surface area contributed by atoms with Crippen molar-refractivity contribution in [3.05, 3.63) is 47.5 Å². The van der Waals surface area contributed by atoms with Gasteiger partial charge in [0.15, 0.2) is 5.13 Å². The van der Waals surface area contributed by atoms with Gasteiger partial charge in [0.2, 0.25) is 0 Å². The highest BCUT2D eigenvalue weighted by molar-refractivity contribution is 7.98. The number of ether oxygens (including phenoxy) is 1. The standard InChI is InChI=1S/C18H20N2O2S2/c1-23-15-4-2-14(3-5-15)16(12-13-6-9-22-10-7-13)17(21)20-18-19-8-11-24-18/h2-5,8,11-13H,6-7,9-10H2,1H3,(H,19,20,21)/b16-12+. The number of benzene rings is 1. The highest BCUT2D eigenvalue weighted by Crippen LogP contribution is 2.26. The first-order valence-corrected chi connectivity index (χ1v) is 10.0. The van der Waals surface area contributed by atoms with Gasteiger partial charge in [-0.25, -0.2) is 4.98 Å². The summed E-state index contributed by atoms with van der Waals surface area (Å²) >= 11 is 3.11. The van der Waals surface area contributed by atoms with Gasteiger partial charge in [0.1, 0.15) is 0 Å². The van der Waals surface area contributed by atoms with E-state index < -0.39 is 0 Å². The minimum atomic E-state index is -0.103.